The monoisotopic (exact) mass is 292 g/mol. The number of H-pyrrole nitrogens is 1. The van der Waals surface area contributed by atoms with Gasteiger partial charge in [-0.25, -0.2) is 4.98 Å². The van der Waals surface area contributed by atoms with Crippen molar-refractivity contribution in [1.29, 1.82) is 0 Å². The van der Waals surface area contributed by atoms with E-state index in [1.54, 1.807) is 31.4 Å². The molecule has 0 spiro atoms. The van der Waals surface area contributed by atoms with Gasteiger partial charge in [-0.3, -0.25) is 4.79 Å². The number of nitrogens with one attached hydrogen (secondary N) is 1. The van der Waals surface area contributed by atoms with E-state index in [2.05, 4.69) is 9.97 Å². The van der Waals surface area contributed by atoms with Crippen LogP contribution >= 0.6 is 0 Å². The Morgan fingerprint density at radius 3 is 2.59 bits per heavy atom. The van der Waals surface area contributed by atoms with Crippen LogP contribution in [0.4, 0.5) is 0 Å². The zero-order valence-corrected chi connectivity index (χ0v) is 12.5. The number of aryl methyl sites for hydroxylation is 1. The molecule has 0 fully saturated rings. The molecule has 0 unspecified atom stereocenters. The Labute approximate surface area is 128 Å². The molecule has 110 valence electrons. The number of nitrogens with zero attached hydrogens (tertiary/aromatic N) is 1. The van der Waals surface area contributed by atoms with Crippen LogP contribution in [0.1, 0.15) is 17.0 Å². The normalized spacial score (nSPS) is 11.2. The summed E-state index contributed by atoms with van der Waals surface area (Å²) in [7, 11) is 1.57. The topological polar surface area (TPSA) is 55.0 Å². The van der Waals surface area contributed by atoms with Gasteiger partial charge in [0.15, 0.2) is 0 Å². The number of aromatic amines is 1. The van der Waals surface area contributed by atoms with Crippen LogP contribution in [0, 0.1) is 6.92 Å². The molecule has 0 aliphatic heterocycles. The predicted octanol–water partition coefficient (Wildman–Crippen LogP) is 3.41. The van der Waals surface area contributed by atoms with Crippen molar-refractivity contribution in [2.24, 2.45) is 0 Å². The Bertz CT molecular complexity index is 893. The third-order valence-corrected chi connectivity index (χ3v) is 3.45. The van der Waals surface area contributed by atoms with E-state index in [0.717, 1.165) is 5.56 Å². The number of methoxy groups -OCH3 is 1. The number of para-hydroxylation sites is 1. The van der Waals surface area contributed by atoms with Gasteiger partial charge in [0, 0.05) is 0 Å². The van der Waals surface area contributed by atoms with E-state index >= 15 is 0 Å². The van der Waals surface area contributed by atoms with Gasteiger partial charge in [0.25, 0.3) is 5.56 Å². The molecule has 0 amide bonds. The van der Waals surface area contributed by atoms with Gasteiger partial charge in [-0.2, -0.15) is 0 Å². The zero-order chi connectivity index (χ0) is 15.5. The summed E-state index contributed by atoms with van der Waals surface area (Å²) in [5.74, 6) is 1.09. The summed E-state index contributed by atoms with van der Waals surface area (Å²) in [4.78, 5) is 19.4. The highest BCUT2D eigenvalue weighted by molar-refractivity contribution is 5.84. The van der Waals surface area contributed by atoms with Gasteiger partial charge >= 0.3 is 0 Å². The van der Waals surface area contributed by atoms with E-state index in [1.807, 2.05) is 37.3 Å². The fourth-order valence-corrected chi connectivity index (χ4v) is 2.25. The van der Waals surface area contributed by atoms with E-state index in [9.17, 15) is 4.79 Å². The first kappa shape index (κ1) is 14.1. The van der Waals surface area contributed by atoms with E-state index in [1.165, 1.54) is 5.56 Å². The number of fused-ring (bicyclic) bond motifs is 1. The molecule has 4 heteroatoms. The number of hydrogen-bond donors (Lipinski definition) is 1. The Morgan fingerprint density at radius 2 is 1.86 bits per heavy atom. The van der Waals surface area contributed by atoms with Crippen LogP contribution in [0.15, 0.2) is 47.3 Å². The number of rotatable bonds is 3. The summed E-state index contributed by atoms with van der Waals surface area (Å²) in [6.07, 6.45) is 3.71. The lowest BCUT2D eigenvalue weighted by Gasteiger charge is -2.04. The maximum absolute atomic E-state index is 12.1. The molecule has 1 N–H and O–H groups in total. The molecule has 0 aliphatic carbocycles. The summed E-state index contributed by atoms with van der Waals surface area (Å²) in [6.45, 7) is 2.04. The number of aromatic nitrogens is 2. The van der Waals surface area contributed by atoms with Crippen molar-refractivity contribution in [3.63, 3.8) is 0 Å². The SMILES string of the molecule is COc1cccc2c(=O)[nH]c(/C=C/c3ccc(C)cc3)nc12. The van der Waals surface area contributed by atoms with Crippen molar-refractivity contribution in [2.75, 3.05) is 7.11 Å². The van der Waals surface area contributed by atoms with Crippen molar-refractivity contribution in [2.45, 2.75) is 6.92 Å². The second kappa shape index (κ2) is 5.85. The highest BCUT2D eigenvalue weighted by Crippen LogP contribution is 2.20. The van der Waals surface area contributed by atoms with Gasteiger partial charge in [0.05, 0.1) is 12.5 Å². The molecule has 22 heavy (non-hydrogen) atoms. The van der Waals surface area contributed by atoms with Crippen molar-refractivity contribution >= 4 is 23.1 Å². The smallest absolute Gasteiger partial charge is 0.259 e. The third-order valence-electron chi connectivity index (χ3n) is 3.45. The second-order valence-electron chi connectivity index (χ2n) is 5.05. The van der Waals surface area contributed by atoms with Crippen LogP contribution in [-0.4, -0.2) is 17.1 Å². The molecule has 2 aromatic carbocycles. The number of ether oxygens (including phenoxy) is 1. The van der Waals surface area contributed by atoms with Crippen LogP contribution in [0.2, 0.25) is 0 Å². The van der Waals surface area contributed by atoms with Crippen LogP contribution in [0.5, 0.6) is 5.75 Å². The molecule has 1 aromatic heterocycles. The molecule has 0 atom stereocenters. The molecule has 0 saturated carbocycles. The largest absolute Gasteiger partial charge is 0.494 e. The van der Waals surface area contributed by atoms with Crippen molar-refractivity contribution in [3.05, 3.63) is 69.8 Å². The first-order chi connectivity index (χ1) is 10.7. The van der Waals surface area contributed by atoms with E-state index in [4.69, 9.17) is 4.74 Å². The highest BCUT2D eigenvalue weighted by Gasteiger charge is 2.06. The van der Waals surface area contributed by atoms with Gasteiger partial charge in [-0.05, 0) is 30.7 Å². The Hall–Kier alpha value is -2.88. The minimum Gasteiger partial charge on any atom is -0.494 e. The summed E-state index contributed by atoms with van der Waals surface area (Å²) >= 11 is 0. The van der Waals surface area contributed by atoms with Crippen LogP contribution in [0.3, 0.4) is 0 Å². The van der Waals surface area contributed by atoms with Crippen molar-refractivity contribution in [1.82, 2.24) is 9.97 Å². The zero-order valence-electron chi connectivity index (χ0n) is 12.5. The lowest BCUT2D eigenvalue weighted by molar-refractivity contribution is 0.419. The average Bonchev–Trinajstić information content (AvgIpc) is 2.54. The molecule has 4 nitrogen and oxygen atoms in total. The number of benzene rings is 2. The molecule has 0 aliphatic rings. The molecule has 0 bridgehead atoms. The Kier molecular flexibility index (Phi) is 3.74. The lowest BCUT2D eigenvalue weighted by atomic mass is 10.1. The van der Waals surface area contributed by atoms with Gasteiger partial charge in [-0.1, -0.05) is 42.0 Å². The van der Waals surface area contributed by atoms with Crippen LogP contribution < -0.4 is 10.3 Å². The number of hydrogen-bond acceptors (Lipinski definition) is 3. The second-order valence-corrected chi connectivity index (χ2v) is 5.05. The maximum atomic E-state index is 12.1. The standard InChI is InChI=1S/C18H16N2O2/c1-12-6-8-13(9-7-12)10-11-16-19-17-14(18(21)20-16)4-3-5-15(17)22-2/h3-11H,1-2H3,(H,19,20,21)/b11-10+. The fraction of sp³-hybridized carbons (Fsp3) is 0.111. The highest BCUT2D eigenvalue weighted by atomic mass is 16.5. The van der Waals surface area contributed by atoms with Gasteiger partial charge in [0.2, 0.25) is 0 Å². The fourth-order valence-electron chi connectivity index (χ4n) is 2.25. The van der Waals surface area contributed by atoms with Gasteiger partial charge in [0.1, 0.15) is 17.1 Å². The first-order valence-electron chi connectivity index (χ1n) is 6.99. The van der Waals surface area contributed by atoms with Gasteiger partial charge < -0.3 is 9.72 Å². The first-order valence-corrected chi connectivity index (χ1v) is 6.99. The van der Waals surface area contributed by atoms with Crippen LogP contribution in [0.25, 0.3) is 23.1 Å². The minimum atomic E-state index is -0.174. The molecule has 1 heterocycles. The molecule has 0 radical (unpaired) electrons. The summed E-state index contributed by atoms with van der Waals surface area (Å²) < 4.78 is 5.27. The Balaban J connectivity index is 2.04. The minimum absolute atomic E-state index is 0.174. The lowest BCUT2D eigenvalue weighted by Crippen LogP contribution is -2.10. The van der Waals surface area contributed by atoms with E-state index < -0.39 is 0 Å². The maximum Gasteiger partial charge on any atom is 0.259 e. The summed E-state index contributed by atoms with van der Waals surface area (Å²) in [5, 5.41) is 0.520. The van der Waals surface area contributed by atoms with Crippen molar-refractivity contribution in [3.8, 4) is 5.75 Å². The predicted molar refractivity (Wildman–Crippen MR) is 89.0 cm³/mol. The van der Waals surface area contributed by atoms with Crippen LogP contribution in [-0.2, 0) is 0 Å². The average molecular weight is 292 g/mol. The van der Waals surface area contributed by atoms with E-state index in [0.29, 0.717) is 22.5 Å². The quantitative estimate of drug-likeness (QED) is 0.805. The third kappa shape index (κ3) is 2.76. The molecule has 0 saturated heterocycles. The van der Waals surface area contributed by atoms with Gasteiger partial charge in [-0.15, -0.1) is 0 Å². The van der Waals surface area contributed by atoms with E-state index in [-0.39, 0.29) is 5.56 Å². The Morgan fingerprint density at radius 1 is 1.09 bits per heavy atom. The molecule has 3 aromatic rings. The molecular weight excluding hydrogens is 276 g/mol. The molecular formula is C18H16N2O2. The summed E-state index contributed by atoms with van der Waals surface area (Å²) in [6, 6.07) is 13.4. The summed E-state index contributed by atoms with van der Waals surface area (Å²) in [5.41, 5.74) is 2.65. The van der Waals surface area contributed by atoms with Crippen molar-refractivity contribution < 1.29 is 4.74 Å². The molecule has 3 rings (SSSR count).